The van der Waals surface area contributed by atoms with Crippen LogP contribution in [0.2, 0.25) is 0 Å². The summed E-state index contributed by atoms with van der Waals surface area (Å²) in [5.41, 5.74) is 1.21. The molecule has 1 rings (SSSR count). The first-order chi connectivity index (χ1) is 7.69. The maximum atomic E-state index is 8.65. The van der Waals surface area contributed by atoms with Gasteiger partial charge >= 0.3 is 0 Å². The van der Waals surface area contributed by atoms with Gasteiger partial charge in [-0.2, -0.15) is 0 Å². The van der Waals surface area contributed by atoms with Gasteiger partial charge in [-0.15, -0.1) is 0 Å². The lowest BCUT2D eigenvalue weighted by Gasteiger charge is -2.14. The summed E-state index contributed by atoms with van der Waals surface area (Å²) in [6.45, 7) is 2.81. The fourth-order valence-electron chi connectivity index (χ4n) is 1.36. The van der Waals surface area contributed by atoms with Crippen LogP contribution in [0.1, 0.15) is 24.9 Å². The minimum atomic E-state index is 0.163. The molecule has 0 saturated carbocycles. The number of benzene rings is 1. The zero-order chi connectivity index (χ0) is 12.0. The van der Waals surface area contributed by atoms with Crippen molar-refractivity contribution in [2.45, 2.75) is 19.4 Å². The Bertz CT molecular complexity index is 331. The maximum Gasteiger partial charge on any atom is 0.120 e. The van der Waals surface area contributed by atoms with Gasteiger partial charge in [-0.3, -0.25) is 0 Å². The Kier molecular flexibility index (Phi) is 5.80. The van der Waals surface area contributed by atoms with Crippen molar-refractivity contribution in [3.8, 4) is 5.75 Å². The number of ether oxygens (including phenoxy) is 1. The van der Waals surface area contributed by atoms with Gasteiger partial charge in [0.25, 0.3) is 0 Å². The van der Waals surface area contributed by atoms with E-state index in [1.54, 1.807) is 0 Å². The molecule has 0 aromatic heterocycles. The lowest BCUT2D eigenvalue weighted by Crippen LogP contribution is -2.12. The molecule has 0 aliphatic rings. The second-order valence-corrected chi connectivity index (χ2v) is 4.47. The van der Waals surface area contributed by atoms with Crippen LogP contribution in [0.4, 0.5) is 0 Å². The van der Waals surface area contributed by atoms with E-state index >= 15 is 0 Å². The Morgan fingerprint density at radius 1 is 1.50 bits per heavy atom. The molecule has 0 saturated heterocycles. The largest absolute Gasteiger partial charge is 0.493 e. The van der Waals surface area contributed by atoms with Crippen LogP contribution in [0, 0.1) is 0 Å². The van der Waals surface area contributed by atoms with Gasteiger partial charge < -0.3 is 15.2 Å². The Morgan fingerprint density at radius 2 is 2.25 bits per heavy atom. The quantitative estimate of drug-likeness (QED) is 0.790. The van der Waals surface area contributed by atoms with E-state index in [4.69, 9.17) is 9.84 Å². The number of hydrogen-bond acceptors (Lipinski definition) is 3. The van der Waals surface area contributed by atoms with E-state index in [1.165, 1.54) is 5.56 Å². The molecule has 0 heterocycles. The summed E-state index contributed by atoms with van der Waals surface area (Å²) in [5, 5.41) is 11.8. The third kappa shape index (κ3) is 3.77. The van der Waals surface area contributed by atoms with Crippen molar-refractivity contribution in [3.05, 3.63) is 28.2 Å². The summed E-state index contributed by atoms with van der Waals surface area (Å²) in [5.74, 6) is 0.826. The molecule has 0 amide bonds. The fraction of sp³-hybridized carbons (Fsp3) is 0.500. The van der Waals surface area contributed by atoms with E-state index in [2.05, 4.69) is 28.2 Å². The Labute approximate surface area is 105 Å². The highest BCUT2D eigenvalue weighted by molar-refractivity contribution is 9.10. The van der Waals surface area contributed by atoms with Gasteiger partial charge in [0.1, 0.15) is 5.75 Å². The fourth-order valence-corrected chi connectivity index (χ4v) is 2.06. The van der Waals surface area contributed by atoms with E-state index in [0.29, 0.717) is 19.1 Å². The Balaban J connectivity index is 2.67. The molecule has 16 heavy (non-hydrogen) atoms. The highest BCUT2D eigenvalue weighted by Gasteiger charge is 2.07. The smallest absolute Gasteiger partial charge is 0.120 e. The molecule has 1 aromatic rings. The Hall–Kier alpha value is -0.580. The summed E-state index contributed by atoms with van der Waals surface area (Å²) in [4.78, 5) is 0. The van der Waals surface area contributed by atoms with Gasteiger partial charge in [0.05, 0.1) is 6.61 Å². The van der Waals surface area contributed by atoms with Crippen molar-refractivity contribution in [1.82, 2.24) is 5.32 Å². The summed E-state index contributed by atoms with van der Waals surface area (Å²) in [6.07, 6.45) is 0.659. The summed E-state index contributed by atoms with van der Waals surface area (Å²) < 4.78 is 6.52. The number of hydrogen-bond donors (Lipinski definition) is 2. The topological polar surface area (TPSA) is 41.5 Å². The average Bonchev–Trinajstić information content (AvgIpc) is 2.29. The summed E-state index contributed by atoms with van der Waals surface area (Å²) in [7, 11) is 1.93. The molecular weight excluding hydrogens is 270 g/mol. The van der Waals surface area contributed by atoms with Gasteiger partial charge in [0, 0.05) is 23.5 Å². The van der Waals surface area contributed by atoms with E-state index in [1.807, 2.05) is 25.2 Å². The minimum Gasteiger partial charge on any atom is -0.493 e. The van der Waals surface area contributed by atoms with Crippen molar-refractivity contribution >= 4 is 15.9 Å². The minimum absolute atomic E-state index is 0.163. The van der Waals surface area contributed by atoms with Crippen LogP contribution in [0.25, 0.3) is 0 Å². The molecule has 0 bridgehead atoms. The van der Waals surface area contributed by atoms with Crippen LogP contribution in [-0.2, 0) is 0 Å². The van der Waals surface area contributed by atoms with Crippen LogP contribution in [0.5, 0.6) is 5.75 Å². The molecule has 1 atom stereocenters. The summed E-state index contributed by atoms with van der Waals surface area (Å²) in [6, 6.07) is 6.26. The zero-order valence-corrected chi connectivity index (χ0v) is 11.3. The molecule has 0 spiro atoms. The van der Waals surface area contributed by atoms with E-state index in [0.717, 1.165) is 10.2 Å². The number of rotatable bonds is 6. The third-order valence-electron chi connectivity index (χ3n) is 2.44. The van der Waals surface area contributed by atoms with E-state index in [-0.39, 0.29) is 6.61 Å². The van der Waals surface area contributed by atoms with Crippen LogP contribution in [-0.4, -0.2) is 25.4 Å². The van der Waals surface area contributed by atoms with E-state index < -0.39 is 0 Å². The first kappa shape index (κ1) is 13.5. The van der Waals surface area contributed by atoms with Crippen LogP contribution in [0.3, 0.4) is 0 Å². The van der Waals surface area contributed by atoms with Crippen molar-refractivity contribution in [2.24, 2.45) is 0 Å². The normalized spacial score (nSPS) is 12.5. The molecule has 1 aromatic carbocycles. The first-order valence-corrected chi connectivity index (χ1v) is 6.18. The zero-order valence-electron chi connectivity index (χ0n) is 9.66. The number of aliphatic hydroxyl groups excluding tert-OH is 1. The second kappa shape index (κ2) is 6.89. The highest BCUT2D eigenvalue weighted by atomic mass is 79.9. The third-order valence-corrected chi connectivity index (χ3v) is 3.13. The van der Waals surface area contributed by atoms with Gasteiger partial charge in [-0.1, -0.05) is 22.0 Å². The van der Waals surface area contributed by atoms with Gasteiger partial charge in [0.15, 0.2) is 0 Å². The monoisotopic (exact) mass is 287 g/mol. The molecular formula is C12H18BrNO2. The van der Waals surface area contributed by atoms with E-state index in [9.17, 15) is 0 Å². The van der Waals surface area contributed by atoms with Crippen molar-refractivity contribution in [3.63, 3.8) is 0 Å². The molecule has 0 aliphatic heterocycles. The van der Waals surface area contributed by atoms with Crippen molar-refractivity contribution in [1.29, 1.82) is 0 Å². The predicted molar refractivity (Wildman–Crippen MR) is 68.8 cm³/mol. The lowest BCUT2D eigenvalue weighted by atomic mass is 10.1. The Morgan fingerprint density at radius 3 is 2.81 bits per heavy atom. The molecule has 2 N–H and O–H groups in total. The molecule has 0 aliphatic carbocycles. The SMILES string of the molecule is CNC(C)c1ccc(OCCCO)cc1Br. The maximum absolute atomic E-state index is 8.65. The van der Waals surface area contributed by atoms with Crippen molar-refractivity contribution < 1.29 is 9.84 Å². The average molecular weight is 288 g/mol. The van der Waals surface area contributed by atoms with Gasteiger partial charge in [-0.25, -0.2) is 0 Å². The molecule has 3 nitrogen and oxygen atoms in total. The molecule has 90 valence electrons. The number of nitrogens with one attached hydrogen (secondary N) is 1. The second-order valence-electron chi connectivity index (χ2n) is 3.62. The van der Waals surface area contributed by atoms with Crippen molar-refractivity contribution in [2.75, 3.05) is 20.3 Å². The predicted octanol–water partition coefficient (Wildman–Crippen LogP) is 2.49. The highest BCUT2D eigenvalue weighted by Crippen LogP contribution is 2.27. The standard InChI is InChI=1S/C12H18BrNO2/c1-9(14-2)11-5-4-10(8-12(11)13)16-7-3-6-15/h4-5,8-9,14-15H,3,6-7H2,1-2H3. The lowest BCUT2D eigenvalue weighted by molar-refractivity contribution is 0.233. The van der Waals surface area contributed by atoms with Gasteiger partial charge in [0.2, 0.25) is 0 Å². The summed E-state index contributed by atoms with van der Waals surface area (Å²) >= 11 is 3.53. The molecule has 1 unspecified atom stereocenters. The van der Waals surface area contributed by atoms with Crippen LogP contribution in [0.15, 0.2) is 22.7 Å². The number of halogens is 1. The first-order valence-electron chi connectivity index (χ1n) is 5.39. The molecule has 4 heteroatoms. The van der Waals surface area contributed by atoms with Crippen LogP contribution < -0.4 is 10.1 Å². The van der Waals surface area contributed by atoms with Crippen LogP contribution >= 0.6 is 15.9 Å². The molecule has 0 radical (unpaired) electrons. The van der Waals surface area contributed by atoms with Gasteiger partial charge in [-0.05, 0) is 31.7 Å². The molecule has 0 fully saturated rings. The number of aliphatic hydroxyl groups is 1.